The molecule has 0 amide bonds. The van der Waals surface area contributed by atoms with Gasteiger partial charge in [0.1, 0.15) is 5.76 Å². The zero-order chi connectivity index (χ0) is 16.3. The van der Waals surface area contributed by atoms with Crippen LogP contribution < -0.4 is 4.74 Å². The maximum absolute atomic E-state index is 14.5. The molecule has 0 saturated carbocycles. The van der Waals surface area contributed by atoms with Crippen LogP contribution in [0.3, 0.4) is 0 Å². The number of aromatic nitrogens is 1. The molecule has 0 fully saturated rings. The summed E-state index contributed by atoms with van der Waals surface area (Å²) in [6.45, 7) is 7.38. The summed E-state index contributed by atoms with van der Waals surface area (Å²) < 4.78 is 25.1. The van der Waals surface area contributed by atoms with Gasteiger partial charge < -0.3 is 14.5 Å². The van der Waals surface area contributed by atoms with Crippen molar-refractivity contribution in [1.29, 1.82) is 0 Å². The Bertz CT molecular complexity index is 772. The highest BCUT2D eigenvalue weighted by Crippen LogP contribution is 2.27. The molecule has 1 aromatic heterocycles. The van der Waals surface area contributed by atoms with E-state index in [1.807, 2.05) is 6.92 Å². The highest BCUT2D eigenvalue weighted by atomic mass is 19.1. The number of nitrogens with zero attached hydrogens (tertiary/aromatic N) is 1. The van der Waals surface area contributed by atoms with Crippen molar-refractivity contribution >= 4 is 16.8 Å². The molecule has 0 unspecified atom stereocenters. The molecule has 0 bridgehead atoms. The Labute approximate surface area is 129 Å². The molecule has 0 atom stereocenters. The average Bonchev–Trinajstić information content (AvgIpc) is 2.87. The number of rotatable bonds is 4. The monoisotopic (exact) mass is 302 g/mol. The summed E-state index contributed by atoms with van der Waals surface area (Å²) in [5, 5.41) is 0.494. The number of aryl methyl sites for hydroxylation is 1. The summed E-state index contributed by atoms with van der Waals surface area (Å²) in [6, 6.07) is 5.11. The third kappa shape index (κ3) is 3.19. The summed E-state index contributed by atoms with van der Waals surface area (Å²) >= 11 is 0. The SMILES string of the molecule is C=C(/C=C(\C)C(=NC)Oc1ccc2[nH]c(C)cc2c1F)OC. The Morgan fingerprint density at radius 2 is 2.14 bits per heavy atom. The topological polar surface area (TPSA) is 46.6 Å². The van der Waals surface area contributed by atoms with Crippen LogP contribution in [0.1, 0.15) is 12.6 Å². The van der Waals surface area contributed by atoms with E-state index in [0.29, 0.717) is 22.6 Å². The largest absolute Gasteiger partial charge is 0.497 e. The molecule has 2 aromatic rings. The van der Waals surface area contributed by atoms with E-state index in [0.717, 1.165) is 11.2 Å². The lowest BCUT2D eigenvalue weighted by Crippen LogP contribution is -2.11. The van der Waals surface area contributed by atoms with Gasteiger partial charge in [-0.2, -0.15) is 0 Å². The van der Waals surface area contributed by atoms with Crippen LogP contribution in [0.15, 0.2) is 47.2 Å². The molecule has 0 spiro atoms. The van der Waals surface area contributed by atoms with Gasteiger partial charge in [0, 0.05) is 29.2 Å². The minimum Gasteiger partial charge on any atom is -0.497 e. The van der Waals surface area contributed by atoms with Crippen LogP contribution in [-0.2, 0) is 4.74 Å². The highest BCUT2D eigenvalue weighted by Gasteiger charge is 2.14. The van der Waals surface area contributed by atoms with Gasteiger partial charge in [0.25, 0.3) is 0 Å². The quantitative estimate of drug-likeness (QED) is 0.399. The smallest absolute Gasteiger partial charge is 0.217 e. The van der Waals surface area contributed by atoms with Gasteiger partial charge in [-0.3, -0.25) is 4.99 Å². The van der Waals surface area contributed by atoms with Gasteiger partial charge in [-0.15, -0.1) is 0 Å². The first kappa shape index (κ1) is 15.8. The second-order valence-electron chi connectivity index (χ2n) is 4.92. The number of methoxy groups -OCH3 is 1. The molecule has 1 aromatic carbocycles. The zero-order valence-corrected chi connectivity index (χ0v) is 13.2. The van der Waals surface area contributed by atoms with E-state index in [1.54, 1.807) is 38.2 Å². The molecule has 0 aliphatic rings. The zero-order valence-electron chi connectivity index (χ0n) is 13.2. The maximum atomic E-state index is 14.5. The minimum absolute atomic E-state index is 0.128. The highest BCUT2D eigenvalue weighted by molar-refractivity contribution is 5.95. The third-order valence-corrected chi connectivity index (χ3v) is 3.22. The van der Waals surface area contributed by atoms with Crippen molar-refractivity contribution in [3.63, 3.8) is 0 Å². The Kier molecular flexibility index (Phi) is 4.65. The van der Waals surface area contributed by atoms with Crippen molar-refractivity contribution in [2.24, 2.45) is 4.99 Å². The molecule has 0 saturated heterocycles. The molecule has 116 valence electrons. The molecule has 2 rings (SSSR count). The molecule has 1 N–H and O–H groups in total. The van der Waals surface area contributed by atoms with Crippen LogP contribution in [0.4, 0.5) is 4.39 Å². The van der Waals surface area contributed by atoms with Crippen molar-refractivity contribution in [3.05, 3.63) is 53.7 Å². The predicted octanol–water partition coefficient (Wildman–Crippen LogP) is 4.13. The molecule has 1 heterocycles. The molecular weight excluding hydrogens is 283 g/mol. The number of nitrogens with one attached hydrogen (secondary N) is 1. The summed E-state index contributed by atoms with van der Waals surface area (Å²) in [6.07, 6.45) is 1.68. The summed E-state index contributed by atoms with van der Waals surface area (Å²) in [7, 11) is 3.11. The minimum atomic E-state index is -0.415. The number of allylic oxidation sites excluding steroid dienone is 1. The molecule has 4 nitrogen and oxygen atoms in total. The Morgan fingerprint density at radius 1 is 1.41 bits per heavy atom. The lowest BCUT2D eigenvalue weighted by atomic mass is 10.2. The van der Waals surface area contributed by atoms with Crippen molar-refractivity contribution in [2.75, 3.05) is 14.2 Å². The molecular formula is C17H19FN2O2. The van der Waals surface area contributed by atoms with Gasteiger partial charge in [0.15, 0.2) is 11.6 Å². The normalized spacial score (nSPS) is 12.6. The Hall–Kier alpha value is -2.56. The van der Waals surface area contributed by atoms with Gasteiger partial charge in [0.2, 0.25) is 5.90 Å². The first-order chi connectivity index (χ1) is 10.5. The second-order valence-corrected chi connectivity index (χ2v) is 4.92. The fraction of sp³-hybridized carbons (Fsp3) is 0.235. The number of aromatic amines is 1. The number of benzene rings is 1. The maximum Gasteiger partial charge on any atom is 0.217 e. The molecule has 22 heavy (non-hydrogen) atoms. The lowest BCUT2D eigenvalue weighted by Gasteiger charge is -2.10. The van der Waals surface area contributed by atoms with E-state index in [9.17, 15) is 4.39 Å². The van der Waals surface area contributed by atoms with E-state index < -0.39 is 5.82 Å². The van der Waals surface area contributed by atoms with Gasteiger partial charge in [-0.05, 0) is 38.1 Å². The van der Waals surface area contributed by atoms with Crippen molar-refractivity contribution in [1.82, 2.24) is 4.98 Å². The fourth-order valence-electron chi connectivity index (χ4n) is 2.14. The number of hydrogen-bond acceptors (Lipinski definition) is 3. The van der Waals surface area contributed by atoms with E-state index >= 15 is 0 Å². The van der Waals surface area contributed by atoms with Crippen LogP contribution in [0.2, 0.25) is 0 Å². The number of ether oxygens (including phenoxy) is 2. The Balaban J connectivity index is 2.34. The average molecular weight is 302 g/mol. The molecule has 0 aliphatic heterocycles. The van der Waals surface area contributed by atoms with E-state index in [1.165, 1.54) is 7.11 Å². The van der Waals surface area contributed by atoms with E-state index in [-0.39, 0.29) is 5.75 Å². The lowest BCUT2D eigenvalue weighted by molar-refractivity contribution is 0.308. The molecule has 0 aliphatic carbocycles. The predicted molar refractivity (Wildman–Crippen MR) is 86.9 cm³/mol. The van der Waals surface area contributed by atoms with Crippen molar-refractivity contribution < 1.29 is 13.9 Å². The first-order valence-corrected chi connectivity index (χ1v) is 6.80. The Morgan fingerprint density at radius 3 is 2.77 bits per heavy atom. The van der Waals surface area contributed by atoms with Crippen LogP contribution in [0, 0.1) is 12.7 Å². The van der Waals surface area contributed by atoms with E-state index in [4.69, 9.17) is 9.47 Å². The fourth-order valence-corrected chi connectivity index (χ4v) is 2.14. The third-order valence-electron chi connectivity index (χ3n) is 3.22. The summed E-state index contributed by atoms with van der Waals surface area (Å²) in [4.78, 5) is 7.14. The molecule has 0 radical (unpaired) electrons. The number of hydrogen-bond donors (Lipinski definition) is 1. The van der Waals surface area contributed by atoms with Crippen LogP contribution in [-0.4, -0.2) is 25.0 Å². The first-order valence-electron chi connectivity index (χ1n) is 6.80. The van der Waals surface area contributed by atoms with Crippen molar-refractivity contribution in [2.45, 2.75) is 13.8 Å². The van der Waals surface area contributed by atoms with Crippen LogP contribution >= 0.6 is 0 Å². The van der Waals surface area contributed by atoms with Gasteiger partial charge >= 0.3 is 0 Å². The summed E-state index contributed by atoms with van der Waals surface area (Å²) in [5.74, 6) is 0.493. The molecule has 5 heteroatoms. The standard InChI is InChI=1S/C17H19FN2O2/c1-10(8-12(3)21-5)17(19-4)22-15-7-6-14-13(16(15)18)9-11(2)20-14/h6-9,20H,3H2,1-2,4-5H3/b10-8+,19-17?. The number of aliphatic imine (C=N–C) groups is 1. The van der Waals surface area contributed by atoms with Crippen molar-refractivity contribution in [3.8, 4) is 5.75 Å². The van der Waals surface area contributed by atoms with Gasteiger partial charge in [-0.25, -0.2) is 4.39 Å². The summed E-state index contributed by atoms with van der Waals surface area (Å²) in [5.41, 5.74) is 2.32. The number of H-pyrrole nitrogens is 1. The van der Waals surface area contributed by atoms with Crippen LogP contribution in [0.5, 0.6) is 5.75 Å². The number of halogens is 1. The van der Waals surface area contributed by atoms with E-state index in [2.05, 4.69) is 16.6 Å². The van der Waals surface area contributed by atoms with Gasteiger partial charge in [-0.1, -0.05) is 6.58 Å². The van der Waals surface area contributed by atoms with Crippen LogP contribution in [0.25, 0.3) is 10.9 Å². The second kappa shape index (κ2) is 6.47. The number of fused-ring (bicyclic) bond motifs is 1. The van der Waals surface area contributed by atoms with Gasteiger partial charge in [0.05, 0.1) is 7.11 Å².